The molecule has 0 bridgehead atoms. The summed E-state index contributed by atoms with van der Waals surface area (Å²) in [6.07, 6.45) is 2.15. The Labute approximate surface area is 118 Å². The van der Waals surface area contributed by atoms with E-state index in [-0.39, 0.29) is 0 Å². The summed E-state index contributed by atoms with van der Waals surface area (Å²) in [5.74, 6) is 0.992. The zero-order valence-electron chi connectivity index (χ0n) is 11.4. The van der Waals surface area contributed by atoms with Gasteiger partial charge in [-0.3, -0.25) is 0 Å². The molecule has 4 rings (SSSR count). The third-order valence-electron chi connectivity index (χ3n) is 4.13. The topological polar surface area (TPSA) is 38.2 Å². The van der Waals surface area contributed by atoms with Gasteiger partial charge in [0.25, 0.3) is 0 Å². The highest BCUT2D eigenvalue weighted by molar-refractivity contribution is 5.70. The molecule has 0 spiro atoms. The molecule has 2 aromatic rings. The fourth-order valence-corrected chi connectivity index (χ4v) is 3.02. The molecular formula is C16H17N3O. The molecule has 0 unspecified atom stereocenters. The monoisotopic (exact) mass is 267 g/mol. The number of hydrogen-bond acceptors (Lipinski definition) is 4. The highest BCUT2D eigenvalue weighted by atomic mass is 16.5. The number of benzene rings is 1. The normalized spacial score (nSPS) is 17.5. The van der Waals surface area contributed by atoms with Gasteiger partial charge in [0.2, 0.25) is 0 Å². The Morgan fingerprint density at radius 1 is 0.950 bits per heavy atom. The zero-order chi connectivity index (χ0) is 13.4. The van der Waals surface area contributed by atoms with Gasteiger partial charge in [0.15, 0.2) is 5.82 Å². The average molecular weight is 267 g/mol. The van der Waals surface area contributed by atoms with Crippen molar-refractivity contribution in [1.82, 2.24) is 10.2 Å². The number of fused-ring (bicyclic) bond motifs is 3. The van der Waals surface area contributed by atoms with Crippen molar-refractivity contribution in [2.45, 2.75) is 12.8 Å². The summed E-state index contributed by atoms with van der Waals surface area (Å²) in [6.45, 7) is 3.37. The van der Waals surface area contributed by atoms with Gasteiger partial charge in [0.05, 0.1) is 18.9 Å². The van der Waals surface area contributed by atoms with E-state index in [0.717, 1.165) is 50.7 Å². The molecule has 1 aromatic heterocycles. The maximum absolute atomic E-state index is 5.39. The number of rotatable bonds is 1. The second-order valence-electron chi connectivity index (χ2n) is 5.33. The number of nitrogens with zero attached hydrogens (tertiary/aromatic N) is 3. The van der Waals surface area contributed by atoms with Crippen LogP contribution in [-0.4, -0.2) is 36.5 Å². The van der Waals surface area contributed by atoms with Crippen LogP contribution in [0.4, 0.5) is 5.82 Å². The second kappa shape index (κ2) is 4.87. The molecule has 1 aliphatic carbocycles. The summed E-state index contributed by atoms with van der Waals surface area (Å²) in [4.78, 5) is 2.26. The van der Waals surface area contributed by atoms with E-state index < -0.39 is 0 Å². The van der Waals surface area contributed by atoms with Crippen LogP contribution in [0, 0.1) is 0 Å². The molecule has 4 heteroatoms. The lowest BCUT2D eigenvalue weighted by Gasteiger charge is -2.28. The van der Waals surface area contributed by atoms with Gasteiger partial charge in [-0.25, -0.2) is 0 Å². The van der Waals surface area contributed by atoms with E-state index in [2.05, 4.69) is 45.4 Å². The molecule has 1 saturated heterocycles. The van der Waals surface area contributed by atoms with Crippen LogP contribution in [0.2, 0.25) is 0 Å². The third kappa shape index (κ3) is 1.96. The summed E-state index contributed by atoms with van der Waals surface area (Å²) >= 11 is 0. The Hall–Kier alpha value is -1.94. The first-order valence-electron chi connectivity index (χ1n) is 7.19. The van der Waals surface area contributed by atoms with E-state index in [1.54, 1.807) is 0 Å². The van der Waals surface area contributed by atoms with Gasteiger partial charge >= 0.3 is 0 Å². The van der Waals surface area contributed by atoms with Crippen LogP contribution in [0.5, 0.6) is 0 Å². The van der Waals surface area contributed by atoms with E-state index in [1.807, 2.05) is 0 Å². The van der Waals surface area contributed by atoms with Crippen molar-refractivity contribution in [1.29, 1.82) is 0 Å². The van der Waals surface area contributed by atoms with Gasteiger partial charge < -0.3 is 9.64 Å². The van der Waals surface area contributed by atoms with Gasteiger partial charge in [0, 0.05) is 18.7 Å². The molecule has 102 valence electrons. The maximum Gasteiger partial charge on any atom is 0.151 e. The molecule has 0 radical (unpaired) electrons. The van der Waals surface area contributed by atoms with Crippen molar-refractivity contribution < 1.29 is 4.74 Å². The molecule has 1 aromatic carbocycles. The number of ether oxygens (including phenoxy) is 1. The van der Waals surface area contributed by atoms with Crippen LogP contribution in [0.3, 0.4) is 0 Å². The lowest BCUT2D eigenvalue weighted by Crippen LogP contribution is -2.37. The summed E-state index contributed by atoms with van der Waals surface area (Å²) in [5.41, 5.74) is 5.01. The third-order valence-corrected chi connectivity index (χ3v) is 4.13. The van der Waals surface area contributed by atoms with Crippen LogP contribution in [0.1, 0.15) is 11.1 Å². The molecule has 0 saturated carbocycles. The Bertz CT molecular complexity index is 635. The highest BCUT2D eigenvalue weighted by Gasteiger charge is 2.20. The van der Waals surface area contributed by atoms with Gasteiger partial charge in [-0.1, -0.05) is 24.3 Å². The molecule has 1 fully saturated rings. The van der Waals surface area contributed by atoms with Gasteiger partial charge in [-0.05, 0) is 30.0 Å². The lowest BCUT2D eigenvalue weighted by molar-refractivity contribution is 0.122. The fourth-order valence-electron chi connectivity index (χ4n) is 3.02. The van der Waals surface area contributed by atoms with Crippen LogP contribution < -0.4 is 4.90 Å². The van der Waals surface area contributed by atoms with Gasteiger partial charge in [0.1, 0.15) is 0 Å². The van der Waals surface area contributed by atoms with Crippen molar-refractivity contribution in [3.8, 4) is 11.3 Å². The number of anilines is 1. The lowest BCUT2D eigenvalue weighted by atomic mass is 9.89. The predicted octanol–water partition coefficient (Wildman–Crippen LogP) is 2.08. The molecular weight excluding hydrogens is 250 g/mol. The van der Waals surface area contributed by atoms with Gasteiger partial charge in [-0.2, -0.15) is 0 Å². The largest absolute Gasteiger partial charge is 0.378 e. The SMILES string of the molecule is c1ccc2c(c1)CCc1cc(N3CCOCC3)nnc1-2. The molecule has 0 amide bonds. The Kier molecular flexibility index (Phi) is 2.89. The summed E-state index contributed by atoms with van der Waals surface area (Å²) < 4.78 is 5.39. The minimum Gasteiger partial charge on any atom is -0.378 e. The zero-order valence-corrected chi connectivity index (χ0v) is 11.4. The first kappa shape index (κ1) is 11.9. The Morgan fingerprint density at radius 2 is 1.75 bits per heavy atom. The summed E-state index contributed by atoms with van der Waals surface area (Å²) in [7, 11) is 0. The van der Waals surface area contributed by atoms with Crippen LogP contribution in [0.25, 0.3) is 11.3 Å². The van der Waals surface area contributed by atoms with Crippen LogP contribution in [0.15, 0.2) is 30.3 Å². The first-order chi connectivity index (χ1) is 9.92. The second-order valence-corrected chi connectivity index (χ2v) is 5.33. The van der Waals surface area contributed by atoms with Crippen molar-refractivity contribution >= 4 is 5.82 Å². The highest BCUT2D eigenvalue weighted by Crippen LogP contribution is 2.32. The summed E-state index contributed by atoms with van der Waals surface area (Å²) in [6, 6.07) is 10.7. The number of aromatic nitrogens is 2. The minimum atomic E-state index is 0.779. The standard InChI is InChI=1S/C16H17N3O/c1-2-4-14-12(3-1)5-6-13-11-15(17-18-16(13)14)19-7-9-20-10-8-19/h1-4,11H,5-10H2. The van der Waals surface area contributed by atoms with Crippen LogP contribution >= 0.6 is 0 Å². The first-order valence-corrected chi connectivity index (χ1v) is 7.19. The summed E-state index contributed by atoms with van der Waals surface area (Å²) in [5, 5.41) is 8.94. The molecule has 1 aliphatic heterocycles. The van der Waals surface area contributed by atoms with Crippen molar-refractivity contribution in [2.24, 2.45) is 0 Å². The molecule has 20 heavy (non-hydrogen) atoms. The molecule has 2 aliphatic rings. The van der Waals surface area contributed by atoms with Crippen LogP contribution in [-0.2, 0) is 17.6 Å². The average Bonchev–Trinajstić information content (AvgIpc) is 2.55. The molecule has 0 atom stereocenters. The molecule has 0 N–H and O–H groups in total. The number of morpholine rings is 1. The fraction of sp³-hybridized carbons (Fsp3) is 0.375. The smallest absolute Gasteiger partial charge is 0.151 e. The van der Waals surface area contributed by atoms with E-state index in [9.17, 15) is 0 Å². The maximum atomic E-state index is 5.39. The number of aryl methyl sites for hydroxylation is 2. The van der Waals surface area contributed by atoms with Crippen molar-refractivity contribution in [2.75, 3.05) is 31.2 Å². The number of hydrogen-bond donors (Lipinski definition) is 0. The van der Waals surface area contributed by atoms with E-state index in [1.165, 1.54) is 16.7 Å². The van der Waals surface area contributed by atoms with E-state index in [0.29, 0.717) is 0 Å². The van der Waals surface area contributed by atoms with Gasteiger partial charge in [-0.15, -0.1) is 10.2 Å². The van der Waals surface area contributed by atoms with Crippen molar-refractivity contribution in [3.05, 3.63) is 41.5 Å². The minimum absolute atomic E-state index is 0.779. The van der Waals surface area contributed by atoms with E-state index >= 15 is 0 Å². The Balaban J connectivity index is 1.72. The van der Waals surface area contributed by atoms with Crippen molar-refractivity contribution in [3.63, 3.8) is 0 Å². The molecule has 4 nitrogen and oxygen atoms in total. The quantitative estimate of drug-likeness (QED) is 0.793. The molecule has 2 heterocycles. The Morgan fingerprint density at radius 3 is 2.65 bits per heavy atom. The predicted molar refractivity (Wildman–Crippen MR) is 77.9 cm³/mol. The van der Waals surface area contributed by atoms with E-state index in [4.69, 9.17) is 4.74 Å².